The number of anilines is 1. The summed E-state index contributed by atoms with van der Waals surface area (Å²) >= 11 is 2.20. The number of carbonyl (C=O) groups excluding carboxylic acids is 1. The van der Waals surface area contributed by atoms with Gasteiger partial charge in [0.15, 0.2) is 23.0 Å². The molecule has 0 aliphatic carbocycles. The number of aromatic nitrogens is 2. The van der Waals surface area contributed by atoms with E-state index in [2.05, 4.69) is 32.8 Å². The number of halogens is 1. The molecule has 0 saturated heterocycles. The first kappa shape index (κ1) is 22.3. The summed E-state index contributed by atoms with van der Waals surface area (Å²) in [6.45, 7) is 1.27. The van der Waals surface area contributed by atoms with E-state index in [1.807, 2.05) is 31.1 Å². The van der Waals surface area contributed by atoms with Crippen molar-refractivity contribution >= 4 is 45.1 Å². The van der Waals surface area contributed by atoms with Crippen molar-refractivity contribution in [3.8, 4) is 23.0 Å². The molecule has 0 atom stereocenters. The lowest BCUT2D eigenvalue weighted by Crippen LogP contribution is -2.37. The van der Waals surface area contributed by atoms with Gasteiger partial charge < -0.3 is 28.7 Å². The highest BCUT2D eigenvalue weighted by Crippen LogP contribution is 2.38. The zero-order valence-electron chi connectivity index (χ0n) is 18.2. The van der Waals surface area contributed by atoms with Crippen LogP contribution in [0.1, 0.15) is 10.4 Å². The monoisotopic (exact) mass is 550 g/mol. The smallest absolute Gasteiger partial charge is 0.260 e. The molecule has 32 heavy (non-hydrogen) atoms. The van der Waals surface area contributed by atoms with Gasteiger partial charge in [0.25, 0.3) is 5.91 Å². The topological polar surface area (TPSA) is 86.3 Å². The van der Waals surface area contributed by atoms with Crippen LogP contribution in [-0.2, 0) is 0 Å². The third-order valence-corrected chi connectivity index (χ3v) is 5.99. The molecule has 0 spiro atoms. The minimum atomic E-state index is -0.198. The van der Waals surface area contributed by atoms with Crippen molar-refractivity contribution in [3.63, 3.8) is 0 Å². The molecule has 0 N–H and O–H groups in total. The Morgan fingerprint density at radius 1 is 1.06 bits per heavy atom. The van der Waals surface area contributed by atoms with Crippen molar-refractivity contribution < 1.29 is 23.7 Å². The molecule has 0 radical (unpaired) electrons. The van der Waals surface area contributed by atoms with E-state index in [1.54, 1.807) is 31.3 Å². The molecule has 0 fully saturated rings. The van der Waals surface area contributed by atoms with Gasteiger partial charge in [-0.1, -0.05) is 0 Å². The maximum atomic E-state index is 13.9. The Hall–Kier alpha value is -2.86. The number of fused-ring (bicyclic) bond motifs is 2. The lowest BCUT2D eigenvalue weighted by molar-refractivity contribution is 0.0986. The summed E-state index contributed by atoms with van der Waals surface area (Å²) in [6, 6.07) is 7.19. The molecule has 10 heteroatoms. The number of nitrogens with zero attached hydrogens (tertiary/aromatic N) is 4. The van der Waals surface area contributed by atoms with Crippen LogP contribution in [0.25, 0.3) is 10.9 Å². The standard InChI is InChI=1S/C22H23IN4O5/c1-26(2)5-6-27(17-10-19(30-4)18(29-3)8-15(17)23)22(28)14-11-24-25-16-9-21-20(7-13(14)16)31-12-32-21/h7-11H,5-6,12H2,1-4H3. The molecule has 3 aromatic rings. The molecular weight excluding hydrogens is 527 g/mol. The van der Waals surface area contributed by atoms with Gasteiger partial charge in [0.2, 0.25) is 6.79 Å². The van der Waals surface area contributed by atoms with Crippen molar-refractivity contribution in [2.45, 2.75) is 0 Å². The van der Waals surface area contributed by atoms with Crippen LogP contribution < -0.4 is 23.8 Å². The van der Waals surface area contributed by atoms with Crippen molar-refractivity contribution in [1.29, 1.82) is 0 Å². The normalized spacial score (nSPS) is 12.3. The Bertz CT molecular complexity index is 1170. The molecular formula is C22H23IN4O5. The maximum Gasteiger partial charge on any atom is 0.260 e. The summed E-state index contributed by atoms with van der Waals surface area (Å²) in [5.41, 5.74) is 1.72. The van der Waals surface area contributed by atoms with E-state index in [1.165, 1.54) is 6.20 Å². The van der Waals surface area contributed by atoms with E-state index in [0.29, 0.717) is 52.6 Å². The first-order valence-corrected chi connectivity index (χ1v) is 10.9. The zero-order chi connectivity index (χ0) is 22.8. The van der Waals surface area contributed by atoms with E-state index in [4.69, 9.17) is 18.9 Å². The van der Waals surface area contributed by atoms with Crippen LogP contribution in [0.2, 0.25) is 0 Å². The highest BCUT2D eigenvalue weighted by molar-refractivity contribution is 14.1. The van der Waals surface area contributed by atoms with Gasteiger partial charge >= 0.3 is 0 Å². The number of rotatable bonds is 7. The number of benzene rings is 2. The summed E-state index contributed by atoms with van der Waals surface area (Å²) in [4.78, 5) is 17.6. The third kappa shape index (κ3) is 4.24. The molecule has 2 heterocycles. The highest BCUT2D eigenvalue weighted by Gasteiger charge is 2.26. The van der Waals surface area contributed by atoms with Crippen LogP contribution in [0.4, 0.5) is 5.69 Å². The molecule has 1 amide bonds. The molecule has 0 unspecified atom stereocenters. The predicted octanol–water partition coefficient (Wildman–Crippen LogP) is 3.19. The van der Waals surface area contributed by atoms with Gasteiger partial charge in [-0.3, -0.25) is 4.79 Å². The summed E-state index contributed by atoms with van der Waals surface area (Å²) in [5, 5.41) is 8.89. The molecule has 0 saturated carbocycles. The number of amides is 1. The van der Waals surface area contributed by atoms with Crippen LogP contribution in [0.3, 0.4) is 0 Å². The lowest BCUT2D eigenvalue weighted by Gasteiger charge is -2.27. The molecule has 4 rings (SSSR count). The minimum Gasteiger partial charge on any atom is -0.493 e. The van der Waals surface area contributed by atoms with Crippen LogP contribution in [0.15, 0.2) is 30.5 Å². The van der Waals surface area contributed by atoms with Gasteiger partial charge in [0.05, 0.1) is 37.2 Å². The molecule has 9 nitrogen and oxygen atoms in total. The van der Waals surface area contributed by atoms with Crippen molar-refractivity contribution in [3.05, 3.63) is 39.6 Å². The fourth-order valence-electron chi connectivity index (χ4n) is 3.45. The van der Waals surface area contributed by atoms with Gasteiger partial charge in [0, 0.05) is 34.2 Å². The van der Waals surface area contributed by atoms with Crippen molar-refractivity contribution in [2.24, 2.45) is 0 Å². The number of hydrogen-bond donors (Lipinski definition) is 0. The van der Waals surface area contributed by atoms with E-state index in [-0.39, 0.29) is 12.7 Å². The molecule has 1 aliphatic rings. The second-order valence-electron chi connectivity index (χ2n) is 7.40. The number of likely N-dealkylation sites (N-methyl/N-ethyl adjacent to an activating group) is 1. The van der Waals surface area contributed by atoms with E-state index in [9.17, 15) is 4.79 Å². The van der Waals surface area contributed by atoms with Gasteiger partial charge in [-0.2, -0.15) is 10.2 Å². The van der Waals surface area contributed by atoms with E-state index < -0.39 is 0 Å². The van der Waals surface area contributed by atoms with Crippen LogP contribution in [-0.4, -0.2) is 69.2 Å². The van der Waals surface area contributed by atoms with Gasteiger partial charge in [-0.05, 0) is 48.8 Å². The highest BCUT2D eigenvalue weighted by atomic mass is 127. The fraction of sp³-hybridized carbons (Fsp3) is 0.318. The number of carbonyl (C=O) groups is 1. The minimum absolute atomic E-state index is 0.140. The molecule has 0 bridgehead atoms. The summed E-state index contributed by atoms with van der Waals surface area (Å²) in [7, 11) is 7.09. The van der Waals surface area contributed by atoms with E-state index >= 15 is 0 Å². The average Bonchev–Trinajstić information content (AvgIpc) is 3.24. The fourth-order valence-corrected chi connectivity index (χ4v) is 4.18. The Morgan fingerprint density at radius 2 is 1.75 bits per heavy atom. The summed E-state index contributed by atoms with van der Waals surface area (Å²) in [5.74, 6) is 2.13. The quantitative estimate of drug-likeness (QED) is 0.415. The van der Waals surface area contributed by atoms with E-state index in [0.717, 1.165) is 9.26 Å². The molecule has 2 aromatic carbocycles. The third-order valence-electron chi connectivity index (χ3n) is 5.12. The second-order valence-corrected chi connectivity index (χ2v) is 8.56. The van der Waals surface area contributed by atoms with Gasteiger partial charge in [-0.25, -0.2) is 0 Å². The molecule has 168 valence electrons. The Morgan fingerprint density at radius 3 is 2.44 bits per heavy atom. The van der Waals surface area contributed by atoms with Crippen LogP contribution in [0.5, 0.6) is 23.0 Å². The molecule has 1 aromatic heterocycles. The SMILES string of the molecule is COc1cc(I)c(N(CCN(C)C)C(=O)c2cnnc3cc4c(cc23)OCO4)cc1OC. The number of hydrogen-bond acceptors (Lipinski definition) is 8. The first-order chi connectivity index (χ1) is 15.4. The van der Waals surface area contributed by atoms with Crippen molar-refractivity contribution in [1.82, 2.24) is 15.1 Å². The predicted molar refractivity (Wildman–Crippen MR) is 128 cm³/mol. The van der Waals surface area contributed by atoms with Crippen LogP contribution in [0, 0.1) is 3.57 Å². The maximum absolute atomic E-state index is 13.9. The Balaban J connectivity index is 1.82. The Kier molecular flexibility index (Phi) is 6.51. The lowest BCUT2D eigenvalue weighted by atomic mass is 10.1. The molecule has 1 aliphatic heterocycles. The second kappa shape index (κ2) is 9.33. The zero-order valence-corrected chi connectivity index (χ0v) is 20.4. The van der Waals surface area contributed by atoms with Gasteiger partial charge in [-0.15, -0.1) is 0 Å². The summed E-state index contributed by atoms with van der Waals surface area (Å²) < 4.78 is 22.7. The largest absolute Gasteiger partial charge is 0.493 e. The first-order valence-electron chi connectivity index (χ1n) is 9.86. The average molecular weight is 550 g/mol. The number of ether oxygens (including phenoxy) is 4. The van der Waals surface area contributed by atoms with Crippen LogP contribution >= 0.6 is 22.6 Å². The Labute approximate surface area is 199 Å². The van der Waals surface area contributed by atoms with Gasteiger partial charge in [0.1, 0.15) is 0 Å². The van der Waals surface area contributed by atoms with Crippen molar-refractivity contribution in [2.75, 3.05) is 53.1 Å². The summed E-state index contributed by atoms with van der Waals surface area (Å²) in [6.07, 6.45) is 1.49. The number of methoxy groups -OCH3 is 2.